The summed E-state index contributed by atoms with van der Waals surface area (Å²) < 4.78 is 1.92. The van der Waals surface area contributed by atoms with Crippen LogP contribution in [0.3, 0.4) is 0 Å². The van der Waals surface area contributed by atoms with E-state index in [0.29, 0.717) is 0 Å². The molecule has 1 aromatic rings. The van der Waals surface area contributed by atoms with Crippen LogP contribution in [0, 0.1) is 0 Å². The van der Waals surface area contributed by atoms with E-state index in [4.69, 9.17) is 0 Å². The summed E-state index contributed by atoms with van der Waals surface area (Å²) in [6, 6.07) is 4.04. The third kappa shape index (κ3) is 5.92. The lowest BCUT2D eigenvalue weighted by molar-refractivity contribution is 2.03. The lowest BCUT2D eigenvalue weighted by Gasteiger charge is -1.39. The van der Waals surface area contributed by atoms with Crippen molar-refractivity contribution < 1.29 is 0 Å². The van der Waals surface area contributed by atoms with Gasteiger partial charge in [-0.15, -0.1) is 0 Å². The third-order valence-corrected chi connectivity index (χ3v) is 1.05. The van der Waals surface area contributed by atoms with Crippen LogP contribution < -0.4 is 0 Å². The van der Waals surface area contributed by atoms with Gasteiger partial charge >= 0.3 is 0 Å². The quantitative estimate of drug-likeness (QED) is 0.535. The van der Waals surface area contributed by atoms with Crippen LogP contribution in [0.2, 0.25) is 0 Å². The van der Waals surface area contributed by atoms with Gasteiger partial charge in [0.05, 0.1) is 0 Å². The fourth-order valence-electron chi connectivity index (χ4n) is 0.227. The topological polar surface area (TPSA) is 0 Å². The van der Waals surface area contributed by atoms with Crippen molar-refractivity contribution in [2.24, 2.45) is 0 Å². The molecule has 0 bridgehead atoms. The van der Waals surface area contributed by atoms with E-state index in [1.165, 1.54) is 0 Å². The Labute approximate surface area is 63.2 Å². The maximum Gasteiger partial charge on any atom is 0.0297 e. The highest BCUT2D eigenvalue weighted by Crippen LogP contribution is 1.91. The van der Waals surface area contributed by atoms with Gasteiger partial charge in [-0.1, -0.05) is 12.1 Å². The maximum absolute atomic E-state index is 3.96. The Morgan fingerprint density at radius 1 is 1.12 bits per heavy atom. The zero-order chi connectivity index (χ0) is 6.24. The van der Waals surface area contributed by atoms with Gasteiger partial charge < -0.3 is 0 Å². The fraction of sp³-hybridized carbons (Fsp3) is 0. The molecule has 1 heterocycles. The van der Waals surface area contributed by atoms with Gasteiger partial charge in [-0.3, -0.25) is 0 Å². The van der Waals surface area contributed by atoms with Crippen molar-refractivity contribution >= 4 is 40.1 Å². The summed E-state index contributed by atoms with van der Waals surface area (Å²) in [5, 5.41) is 4.08. The maximum atomic E-state index is 3.96. The van der Waals surface area contributed by atoms with Gasteiger partial charge in [0, 0.05) is 4.31 Å². The van der Waals surface area contributed by atoms with Crippen molar-refractivity contribution in [1.82, 2.24) is 0 Å². The zero-order valence-corrected chi connectivity index (χ0v) is 6.48. The van der Waals surface area contributed by atoms with Crippen LogP contribution in [-0.4, -0.2) is 4.31 Å². The first-order chi connectivity index (χ1) is 3.91. The molecule has 0 saturated carbocycles. The molecule has 0 saturated heterocycles. The summed E-state index contributed by atoms with van der Waals surface area (Å²) in [5.74, 6) is 0. The predicted octanol–water partition coefficient (Wildman–Crippen LogP) is 2.77. The smallest absolute Gasteiger partial charge is 0.0297 e. The Hall–Kier alpha value is -0.0800. The molecular formula is C5H4S3. The van der Waals surface area contributed by atoms with Crippen molar-refractivity contribution in [2.75, 3.05) is 0 Å². The molecule has 0 N–H and O–H groups in total. The molecule has 0 unspecified atom stereocenters. The second kappa shape index (κ2) is 6.92. The van der Waals surface area contributed by atoms with Gasteiger partial charge in [-0.25, -0.2) is 0 Å². The first-order valence-electron chi connectivity index (χ1n) is 1.88. The number of thiophene rings is 1. The molecule has 3 heteroatoms. The van der Waals surface area contributed by atoms with Crippen molar-refractivity contribution in [3.63, 3.8) is 0 Å². The van der Waals surface area contributed by atoms with E-state index < -0.39 is 0 Å². The Kier molecular flexibility index (Phi) is 6.85. The minimum Gasteiger partial charge on any atom is -0.152 e. The van der Waals surface area contributed by atoms with E-state index in [-0.39, 0.29) is 0 Å². The molecule has 0 radical (unpaired) electrons. The molecule has 1 aromatic heterocycles. The molecule has 0 amide bonds. The summed E-state index contributed by atoms with van der Waals surface area (Å²) in [6.07, 6.45) is 0. The molecule has 0 atom stereocenters. The summed E-state index contributed by atoms with van der Waals surface area (Å²) in [6.45, 7) is 0. The summed E-state index contributed by atoms with van der Waals surface area (Å²) >= 11 is 9.63. The van der Waals surface area contributed by atoms with Crippen LogP contribution in [0.1, 0.15) is 0 Å². The highest BCUT2D eigenvalue weighted by atomic mass is 32.1. The molecule has 0 aliphatic carbocycles. The SMILES string of the molecule is S=C=S.c1ccsc1. The standard InChI is InChI=1S/C4H4S.CS2/c1-2-4-5-3-1;2-1-3/h1-4H;. The van der Waals surface area contributed by atoms with Crippen LogP contribution in [0.15, 0.2) is 22.9 Å². The molecule has 8 heavy (non-hydrogen) atoms. The van der Waals surface area contributed by atoms with Crippen LogP contribution in [0.5, 0.6) is 0 Å². The molecular weight excluding hydrogens is 156 g/mol. The van der Waals surface area contributed by atoms with E-state index in [2.05, 4.69) is 24.4 Å². The third-order valence-electron chi connectivity index (χ3n) is 0.425. The summed E-state index contributed by atoms with van der Waals surface area (Å²) in [7, 11) is 0. The average molecular weight is 160 g/mol. The summed E-state index contributed by atoms with van der Waals surface area (Å²) in [5.41, 5.74) is 0. The van der Waals surface area contributed by atoms with E-state index in [1.807, 2.05) is 27.2 Å². The van der Waals surface area contributed by atoms with Gasteiger partial charge in [-0.05, 0) is 35.2 Å². The number of rotatable bonds is 0. The zero-order valence-electron chi connectivity index (χ0n) is 4.03. The predicted molar refractivity (Wildman–Crippen MR) is 44.5 cm³/mol. The Morgan fingerprint density at radius 3 is 1.62 bits per heavy atom. The molecule has 0 aliphatic rings. The Morgan fingerprint density at radius 2 is 1.50 bits per heavy atom. The van der Waals surface area contributed by atoms with Crippen molar-refractivity contribution in [2.45, 2.75) is 0 Å². The van der Waals surface area contributed by atoms with Gasteiger partial charge in [0.15, 0.2) is 0 Å². The first-order valence-corrected chi connectivity index (χ1v) is 3.64. The van der Waals surface area contributed by atoms with E-state index in [9.17, 15) is 0 Å². The molecule has 0 aliphatic heterocycles. The van der Waals surface area contributed by atoms with E-state index in [0.717, 1.165) is 0 Å². The monoisotopic (exact) mass is 160 g/mol. The van der Waals surface area contributed by atoms with Crippen LogP contribution in [0.25, 0.3) is 0 Å². The number of hydrogen-bond donors (Lipinski definition) is 0. The highest BCUT2D eigenvalue weighted by molar-refractivity contribution is 7.93. The first kappa shape index (κ1) is 7.92. The van der Waals surface area contributed by atoms with Crippen molar-refractivity contribution in [3.05, 3.63) is 22.9 Å². The van der Waals surface area contributed by atoms with Gasteiger partial charge in [-0.2, -0.15) is 11.3 Å². The lowest BCUT2D eigenvalue weighted by atomic mass is 10.7. The second-order valence-electron chi connectivity index (χ2n) is 0.876. The van der Waals surface area contributed by atoms with Gasteiger partial charge in [0.1, 0.15) is 0 Å². The summed E-state index contributed by atoms with van der Waals surface area (Å²) in [4.78, 5) is 0. The molecule has 0 spiro atoms. The van der Waals surface area contributed by atoms with E-state index in [1.54, 1.807) is 11.3 Å². The lowest BCUT2D eigenvalue weighted by Crippen LogP contribution is -1.16. The minimum absolute atomic E-state index is 1.71. The van der Waals surface area contributed by atoms with Crippen molar-refractivity contribution in [3.8, 4) is 0 Å². The average Bonchev–Trinajstić information content (AvgIpc) is 2.17. The Balaban J connectivity index is 0.000000145. The van der Waals surface area contributed by atoms with Gasteiger partial charge in [0.2, 0.25) is 0 Å². The van der Waals surface area contributed by atoms with Crippen LogP contribution in [-0.2, 0) is 0 Å². The second-order valence-corrected chi connectivity index (χ2v) is 2.36. The van der Waals surface area contributed by atoms with Crippen molar-refractivity contribution in [1.29, 1.82) is 0 Å². The largest absolute Gasteiger partial charge is 0.152 e. The molecule has 1 rings (SSSR count). The van der Waals surface area contributed by atoms with Crippen LogP contribution >= 0.6 is 35.8 Å². The number of hydrogen-bond acceptors (Lipinski definition) is 3. The molecule has 0 fully saturated rings. The fourth-order valence-corrected chi connectivity index (χ4v) is 0.680. The Bertz CT molecular complexity index is 119. The highest BCUT2D eigenvalue weighted by Gasteiger charge is 1.58. The molecule has 42 valence electrons. The van der Waals surface area contributed by atoms with Crippen LogP contribution in [0.4, 0.5) is 0 Å². The minimum atomic E-state index is 1.71. The van der Waals surface area contributed by atoms with Gasteiger partial charge in [0.25, 0.3) is 0 Å². The van der Waals surface area contributed by atoms with E-state index >= 15 is 0 Å². The molecule has 0 nitrogen and oxygen atoms in total. The normalized spacial score (nSPS) is 6.00. The number of thiocarbonyl (C=S) groups is 2. The molecule has 0 aromatic carbocycles.